The summed E-state index contributed by atoms with van der Waals surface area (Å²) in [6.07, 6.45) is 0. The molecule has 0 amide bonds. The van der Waals surface area contributed by atoms with Gasteiger partial charge in [-0.15, -0.1) is 0 Å². The van der Waals surface area contributed by atoms with Gasteiger partial charge in [0.15, 0.2) is 0 Å². The SMILES string of the molecule is C[C](CO)c1cc(I)cc(C#N)c1. The molecule has 1 N–H and O–H groups in total. The van der Waals surface area contributed by atoms with Crippen molar-refractivity contribution in [3.05, 3.63) is 38.8 Å². The summed E-state index contributed by atoms with van der Waals surface area (Å²) < 4.78 is 1.01. The summed E-state index contributed by atoms with van der Waals surface area (Å²) in [6.45, 7) is 1.89. The highest BCUT2D eigenvalue weighted by atomic mass is 127. The molecule has 1 aromatic rings. The lowest BCUT2D eigenvalue weighted by Gasteiger charge is -2.07. The molecule has 0 aliphatic carbocycles. The van der Waals surface area contributed by atoms with Gasteiger partial charge in [-0.05, 0) is 46.4 Å². The Hall–Kier alpha value is -0.600. The maximum absolute atomic E-state index is 8.92. The average molecular weight is 286 g/mol. The summed E-state index contributed by atoms with van der Waals surface area (Å²) in [5.74, 6) is 0.884. The van der Waals surface area contributed by atoms with Crippen LogP contribution >= 0.6 is 22.6 Å². The van der Waals surface area contributed by atoms with Crippen molar-refractivity contribution in [3.8, 4) is 6.07 Å². The Morgan fingerprint density at radius 2 is 2.23 bits per heavy atom. The van der Waals surface area contributed by atoms with Crippen molar-refractivity contribution in [1.82, 2.24) is 0 Å². The van der Waals surface area contributed by atoms with Crippen molar-refractivity contribution < 1.29 is 5.11 Å². The van der Waals surface area contributed by atoms with Crippen LogP contribution in [0.3, 0.4) is 0 Å². The molecule has 0 heterocycles. The second-order valence-electron chi connectivity index (χ2n) is 2.78. The van der Waals surface area contributed by atoms with Crippen molar-refractivity contribution in [2.75, 3.05) is 6.61 Å². The van der Waals surface area contributed by atoms with Gasteiger partial charge in [0.25, 0.3) is 0 Å². The summed E-state index contributed by atoms with van der Waals surface area (Å²) in [6, 6.07) is 7.64. The molecule has 0 saturated carbocycles. The van der Waals surface area contributed by atoms with E-state index in [9.17, 15) is 0 Å². The van der Waals surface area contributed by atoms with Crippen molar-refractivity contribution >= 4 is 22.6 Å². The maximum atomic E-state index is 8.92. The van der Waals surface area contributed by atoms with E-state index < -0.39 is 0 Å². The summed E-state index contributed by atoms with van der Waals surface area (Å²) in [5.41, 5.74) is 1.57. The molecule has 1 aromatic carbocycles. The number of nitriles is 1. The molecule has 0 saturated heterocycles. The first-order valence-corrected chi connectivity index (χ1v) is 4.89. The highest BCUT2D eigenvalue weighted by molar-refractivity contribution is 14.1. The molecule has 67 valence electrons. The van der Waals surface area contributed by atoms with Gasteiger partial charge in [-0.3, -0.25) is 0 Å². The third kappa shape index (κ3) is 2.68. The lowest BCUT2D eigenvalue weighted by molar-refractivity contribution is 0.315. The van der Waals surface area contributed by atoms with Crippen molar-refractivity contribution in [2.45, 2.75) is 6.92 Å². The van der Waals surface area contributed by atoms with Gasteiger partial charge < -0.3 is 5.11 Å². The van der Waals surface area contributed by atoms with Gasteiger partial charge in [0, 0.05) is 9.49 Å². The van der Waals surface area contributed by atoms with E-state index in [1.54, 1.807) is 6.07 Å². The van der Waals surface area contributed by atoms with E-state index in [0.717, 1.165) is 15.1 Å². The molecule has 1 rings (SSSR count). The zero-order valence-electron chi connectivity index (χ0n) is 7.21. The van der Waals surface area contributed by atoms with Gasteiger partial charge in [-0.2, -0.15) is 5.26 Å². The normalized spacial score (nSPS) is 10.1. The largest absolute Gasteiger partial charge is 0.395 e. The van der Waals surface area contributed by atoms with Crippen LogP contribution in [-0.4, -0.2) is 11.7 Å². The zero-order chi connectivity index (χ0) is 9.84. The zero-order valence-corrected chi connectivity index (χ0v) is 9.37. The van der Waals surface area contributed by atoms with Crippen molar-refractivity contribution in [3.63, 3.8) is 0 Å². The molecule has 0 fully saturated rings. The molecule has 1 radical (unpaired) electrons. The minimum Gasteiger partial charge on any atom is -0.395 e. The third-order valence-corrected chi connectivity index (χ3v) is 2.38. The van der Waals surface area contributed by atoms with E-state index >= 15 is 0 Å². The fourth-order valence-electron chi connectivity index (χ4n) is 0.992. The number of nitrogens with zero attached hydrogens (tertiary/aromatic N) is 1. The molecular weight excluding hydrogens is 277 g/mol. The summed E-state index contributed by atoms with van der Waals surface area (Å²) >= 11 is 2.16. The van der Waals surface area contributed by atoms with Crippen LogP contribution in [0.25, 0.3) is 0 Å². The van der Waals surface area contributed by atoms with E-state index in [1.807, 2.05) is 19.1 Å². The summed E-state index contributed by atoms with van der Waals surface area (Å²) in [7, 11) is 0. The second kappa shape index (κ2) is 4.58. The van der Waals surface area contributed by atoms with Gasteiger partial charge in [-0.25, -0.2) is 0 Å². The van der Waals surface area contributed by atoms with Gasteiger partial charge in [-0.1, -0.05) is 6.92 Å². The van der Waals surface area contributed by atoms with Crippen LogP contribution < -0.4 is 0 Å². The molecular formula is C10H9INO. The van der Waals surface area contributed by atoms with Gasteiger partial charge in [0.1, 0.15) is 0 Å². The van der Waals surface area contributed by atoms with Crippen LogP contribution in [0.5, 0.6) is 0 Å². The van der Waals surface area contributed by atoms with Crippen LogP contribution in [0.4, 0.5) is 0 Å². The Labute approximate surface area is 91.3 Å². The van der Waals surface area contributed by atoms with Crippen LogP contribution in [0.15, 0.2) is 18.2 Å². The van der Waals surface area contributed by atoms with Crippen molar-refractivity contribution in [1.29, 1.82) is 5.26 Å². The van der Waals surface area contributed by atoms with Crippen LogP contribution in [0.2, 0.25) is 0 Å². The quantitative estimate of drug-likeness (QED) is 0.846. The molecule has 0 aliphatic heterocycles. The third-order valence-electron chi connectivity index (χ3n) is 1.76. The number of halogens is 1. The predicted octanol–water partition coefficient (Wildman–Crippen LogP) is 2.10. The molecule has 2 nitrogen and oxygen atoms in total. The maximum Gasteiger partial charge on any atom is 0.0992 e. The molecule has 0 atom stereocenters. The Bertz CT molecular complexity index is 343. The molecule has 0 unspecified atom stereocenters. The lowest BCUT2D eigenvalue weighted by atomic mass is 10.0. The van der Waals surface area contributed by atoms with Gasteiger partial charge in [0.05, 0.1) is 18.2 Å². The first-order chi connectivity index (χ1) is 6.17. The van der Waals surface area contributed by atoms with Gasteiger partial charge in [0.2, 0.25) is 0 Å². The number of aliphatic hydroxyl groups is 1. The van der Waals surface area contributed by atoms with Crippen LogP contribution in [-0.2, 0) is 0 Å². The number of rotatable bonds is 2. The molecule has 13 heavy (non-hydrogen) atoms. The number of benzene rings is 1. The van der Waals surface area contributed by atoms with E-state index in [0.29, 0.717) is 5.56 Å². The van der Waals surface area contributed by atoms with E-state index in [2.05, 4.69) is 28.7 Å². The molecule has 0 aliphatic rings. The topological polar surface area (TPSA) is 44.0 Å². The Morgan fingerprint density at radius 1 is 1.54 bits per heavy atom. The first kappa shape index (κ1) is 10.5. The fourth-order valence-corrected chi connectivity index (χ4v) is 1.66. The molecule has 0 aromatic heterocycles. The van der Waals surface area contributed by atoms with Crippen LogP contribution in [0, 0.1) is 20.8 Å². The fraction of sp³-hybridized carbons (Fsp3) is 0.200. The van der Waals surface area contributed by atoms with Crippen molar-refractivity contribution in [2.24, 2.45) is 0 Å². The van der Waals surface area contributed by atoms with Crippen LogP contribution in [0.1, 0.15) is 18.1 Å². The first-order valence-electron chi connectivity index (χ1n) is 3.81. The minimum absolute atomic E-state index is 0.0327. The number of hydrogen-bond acceptors (Lipinski definition) is 2. The second-order valence-corrected chi connectivity index (χ2v) is 4.02. The summed E-state index contributed by atoms with van der Waals surface area (Å²) in [4.78, 5) is 0. The average Bonchev–Trinajstić information content (AvgIpc) is 2.15. The number of hydrogen-bond donors (Lipinski definition) is 1. The standard InChI is InChI=1S/C10H9INO/c1-7(6-13)9-2-8(5-12)3-10(11)4-9/h2-4,13H,6H2,1H3. The monoisotopic (exact) mass is 286 g/mol. The molecule has 0 bridgehead atoms. The van der Waals surface area contributed by atoms with E-state index in [4.69, 9.17) is 10.4 Å². The van der Waals surface area contributed by atoms with E-state index in [1.165, 1.54) is 0 Å². The highest BCUT2D eigenvalue weighted by Crippen LogP contribution is 2.18. The predicted molar refractivity (Wildman–Crippen MR) is 59.0 cm³/mol. The molecule has 0 spiro atoms. The lowest BCUT2D eigenvalue weighted by Crippen LogP contribution is -2.00. The Kier molecular flexibility index (Phi) is 3.70. The Balaban J connectivity index is 3.10. The smallest absolute Gasteiger partial charge is 0.0992 e. The highest BCUT2D eigenvalue weighted by Gasteiger charge is 2.06. The molecule has 3 heteroatoms. The summed E-state index contributed by atoms with van der Waals surface area (Å²) in [5, 5.41) is 17.6. The minimum atomic E-state index is 0.0327. The van der Waals surface area contributed by atoms with Gasteiger partial charge >= 0.3 is 0 Å². The van der Waals surface area contributed by atoms with E-state index in [-0.39, 0.29) is 6.61 Å². The Morgan fingerprint density at radius 3 is 2.77 bits per heavy atom. The number of aliphatic hydroxyl groups excluding tert-OH is 1.